The summed E-state index contributed by atoms with van der Waals surface area (Å²) in [6.45, 7) is 8.57. The second-order valence-corrected chi connectivity index (χ2v) is 7.55. The lowest BCUT2D eigenvalue weighted by Gasteiger charge is -2.38. The first-order valence-corrected chi connectivity index (χ1v) is 9.98. The van der Waals surface area contributed by atoms with Gasteiger partial charge in [0.1, 0.15) is 0 Å². The number of carbonyl (C=O) groups is 2. The number of hydrogen-bond donors (Lipinski definition) is 0. The van der Waals surface area contributed by atoms with Crippen molar-refractivity contribution >= 4 is 11.8 Å². The Bertz CT molecular complexity index is 621. The van der Waals surface area contributed by atoms with E-state index in [9.17, 15) is 9.59 Å². The predicted molar refractivity (Wildman–Crippen MR) is 103 cm³/mol. The highest BCUT2D eigenvalue weighted by molar-refractivity contribution is 5.94. The van der Waals surface area contributed by atoms with E-state index in [1.54, 1.807) is 0 Å². The molecule has 0 aliphatic carbocycles. The minimum atomic E-state index is 0.100. The first-order chi connectivity index (χ1) is 12.6. The number of aryl methyl sites for hydroxylation is 1. The molecule has 5 nitrogen and oxygen atoms in total. The summed E-state index contributed by atoms with van der Waals surface area (Å²) in [5.41, 5.74) is 2.01. The molecule has 2 saturated heterocycles. The number of hydrogen-bond acceptors (Lipinski definition) is 3. The molecule has 1 unspecified atom stereocenters. The van der Waals surface area contributed by atoms with Crippen molar-refractivity contribution in [1.82, 2.24) is 14.7 Å². The number of carbonyl (C=O) groups excluding carboxylic acids is 2. The Morgan fingerprint density at radius 3 is 2.31 bits per heavy atom. The maximum absolute atomic E-state index is 12.7. The lowest BCUT2D eigenvalue weighted by Crippen LogP contribution is -2.53. The second-order valence-electron chi connectivity index (χ2n) is 7.55. The summed E-state index contributed by atoms with van der Waals surface area (Å²) in [7, 11) is 0. The van der Waals surface area contributed by atoms with E-state index in [2.05, 4.69) is 18.7 Å². The van der Waals surface area contributed by atoms with Gasteiger partial charge in [-0.05, 0) is 50.3 Å². The minimum Gasteiger partial charge on any atom is -0.339 e. The van der Waals surface area contributed by atoms with Gasteiger partial charge in [-0.15, -0.1) is 0 Å². The fraction of sp³-hybridized carbons (Fsp3) is 0.619. The van der Waals surface area contributed by atoms with Gasteiger partial charge in [0.15, 0.2) is 0 Å². The van der Waals surface area contributed by atoms with Gasteiger partial charge < -0.3 is 9.80 Å². The van der Waals surface area contributed by atoms with E-state index >= 15 is 0 Å². The van der Waals surface area contributed by atoms with Crippen LogP contribution in [0.5, 0.6) is 0 Å². The summed E-state index contributed by atoms with van der Waals surface area (Å²) in [5.74, 6) is 0.343. The number of likely N-dealkylation sites (tertiary alicyclic amines) is 1. The lowest BCUT2D eigenvalue weighted by atomic mass is 10.0. The van der Waals surface area contributed by atoms with Gasteiger partial charge in [0.05, 0.1) is 6.54 Å². The van der Waals surface area contributed by atoms with Gasteiger partial charge in [0, 0.05) is 44.3 Å². The first-order valence-electron chi connectivity index (χ1n) is 9.98. The molecule has 0 radical (unpaired) electrons. The van der Waals surface area contributed by atoms with Crippen LogP contribution in [0, 0.1) is 0 Å². The average molecular weight is 357 g/mol. The third-order valence-electron chi connectivity index (χ3n) is 5.75. The molecular weight excluding hydrogens is 326 g/mol. The highest BCUT2D eigenvalue weighted by Gasteiger charge is 2.27. The van der Waals surface area contributed by atoms with Gasteiger partial charge in [0.2, 0.25) is 5.91 Å². The topological polar surface area (TPSA) is 43.9 Å². The van der Waals surface area contributed by atoms with Gasteiger partial charge in [-0.3, -0.25) is 14.5 Å². The third-order valence-corrected chi connectivity index (χ3v) is 5.75. The number of benzene rings is 1. The van der Waals surface area contributed by atoms with Crippen LogP contribution >= 0.6 is 0 Å². The van der Waals surface area contributed by atoms with E-state index in [1.165, 1.54) is 12.0 Å². The second kappa shape index (κ2) is 8.67. The normalized spacial score (nSPS) is 21.7. The van der Waals surface area contributed by atoms with E-state index in [0.29, 0.717) is 25.7 Å². The van der Waals surface area contributed by atoms with Crippen molar-refractivity contribution in [2.24, 2.45) is 0 Å². The number of amides is 2. The van der Waals surface area contributed by atoms with Crippen molar-refractivity contribution in [3.05, 3.63) is 35.4 Å². The summed E-state index contributed by atoms with van der Waals surface area (Å²) in [5, 5.41) is 0. The number of nitrogens with zero attached hydrogens (tertiary/aromatic N) is 3. The van der Waals surface area contributed by atoms with E-state index in [4.69, 9.17) is 0 Å². The van der Waals surface area contributed by atoms with Crippen LogP contribution < -0.4 is 0 Å². The zero-order valence-electron chi connectivity index (χ0n) is 16.1. The summed E-state index contributed by atoms with van der Waals surface area (Å²) < 4.78 is 0. The molecule has 0 N–H and O–H groups in total. The maximum atomic E-state index is 12.7. The standard InChI is InChI=1S/C21H31N3O2/c1-3-18-7-9-19(10-8-18)21(26)23-14-12-22(13-15-23)16-20(25)24-11-5-4-6-17(24)2/h7-10,17H,3-6,11-16H2,1-2H3. The molecule has 1 aromatic rings. The fourth-order valence-electron chi connectivity index (χ4n) is 3.93. The van der Waals surface area contributed by atoms with Crippen LogP contribution in [-0.4, -0.2) is 71.8 Å². The first kappa shape index (κ1) is 18.9. The molecule has 26 heavy (non-hydrogen) atoms. The van der Waals surface area contributed by atoms with Crippen LogP contribution in [0.25, 0.3) is 0 Å². The zero-order chi connectivity index (χ0) is 18.5. The molecule has 3 rings (SSSR count). The number of piperazine rings is 1. The highest BCUT2D eigenvalue weighted by atomic mass is 16.2. The Morgan fingerprint density at radius 2 is 1.69 bits per heavy atom. The quantitative estimate of drug-likeness (QED) is 0.831. The van der Waals surface area contributed by atoms with Crippen LogP contribution in [0.1, 0.15) is 49.0 Å². The maximum Gasteiger partial charge on any atom is 0.253 e. The molecule has 0 saturated carbocycles. The van der Waals surface area contributed by atoms with Crippen molar-refractivity contribution in [2.45, 2.75) is 45.6 Å². The molecule has 1 aromatic carbocycles. The summed E-state index contributed by atoms with van der Waals surface area (Å²) >= 11 is 0. The molecular formula is C21H31N3O2. The number of piperidine rings is 1. The van der Waals surface area contributed by atoms with Crippen molar-refractivity contribution < 1.29 is 9.59 Å². The molecule has 2 fully saturated rings. The largest absolute Gasteiger partial charge is 0.339 e. The Kier molecular flexibility index (Phi) is 6.30. The van der Waals surface area contributed by atoms with E-state index in [0.717, 1.165) is 44.5 Å². The Morgan fingerprint density at radius 1 is 1.00 bits per heavy atom. The van der Waals surface area contributed by atoms with E-state index in [1.807, 2.05) is 34.1 Å². The SMILES string of the molecule is CCc1ccc(C(=O)N2CCN(CC(=O)N3CCCCC3C)CC2)cc1. The van der Waals surface area contributed by atoms with E-state index in [-0.39, 0.29) is 11.8 Å². The predicted octanol–water partition coefficient (Wildman–Crippen LogP) is 2.41. The highest BCUT2D eigenvalue weighted by Crippen LogP contribution is 2.17. The van der Waals surface area contributed by atoms with Gasteiger partial charge >= 0.3 is 0 Å². The molecule has 0 bridgehead atoms. The molecule has 0 aromatic heterocycles. The Labute approximate surface area is 156 Å². The van der Waals surface area contributed by atoms with Crippen molar-refractivity contribution in [1.29, 1.82) is 0 Å². The van der Waals surface area contributed by atoms with Crippen LogP contribution in [0.3, 0.4) is 0 Å². The molecule has 2 aliphatic heterocycles. The van der Waals surface area contributed by atoms with Crippen molar-refractivity contribution in [3.8, 4) is 0 Å². The zero-order valence-corrected chi connectivity index (χ0v) is 16.1. The molecule has 142 valence electrons. The lowest BCUT2D eigenvalue weighted by molar-refractivity contribution is -0.136. The molecule has 0 spiro atoms. The minimum absolute atomic E-state index is 0.100. The van der Waals surface area contributed by atoms with Gasteiger partial charge in [-0.25, -0.2) is 0 Å². The van der Waals surface area contributed by atoms with E-state index < -0.39 is 0 Å². The monoisotopic (exact) mass is 357 g/mol. The van der Waals surface area contributed by atoms with Crippen molar-refractivity contribution in [2.75, 3.05) is 39.3 Å². The average Bonchev–Trinajstić information content (AvgIpc) is 2.68. The Balaban J connectivity index is 1.48. The Hall–Kier alpha value is -1.88. The molecule has 2 aliphatic rings. The smallest absolute Gasteiger partial charge is 0.253 e. The van der Waals surface area contributed by atoms with Crippen LogP contribution in [0.15, 0.2) is 24.3 Å². The summed E-state index contributed by atoms with van der Waals surface area (Å²) in [6, 6.07) is 8.28. The molecule has 2 heterocycles. The summed E-state index contributed by atoms with van der Waals surface area (Å²) in [4.78, 5) is 31.4. The summed E-state index contributed by atoms with van der Waals surface area (Å²) in [6.07, 6.45) is 4.45. The molecule has 1 atom stereocenters. The van der Waals surface area contributed by atoms with Crippen molar-refractivity contribution in [3.63, 3.8) is 0 Å². The van der Waals surface area contributed by atoms with Gasteiger partial charge in [0.25, 0.3) is 5.91 Å². The van der Waals surface area contributed by atoms with Crippen LogP contribution in [0.4, 0.5) is 0 Å². The molecule has 5 heteroatoms. The van der Waals surface area contributed by atoms with Gasteiger partial charge in [-0.1, -0.05) is 19.1 Å². The third kappa shape index (κ3) is 4.44. The fourth-order valence-corrected chi connectivity index (χ4v) is 3.93. The molecule has 2 amide bonds. The van der Waals surface area contributed by atoms with Crippen LogP contribution in [-0.2, 0) is 11.2 Å². The van der Waals surface area contributed by atoms with Gasteiger partial charge in [-0.2, -0.15) is 0 Å². The number of rotatable bonds is 4. The van der Waals surface area contributed by atoms with Crippen LogP contribution in [0.2, 0.25) is 0 Å².